The van der Waals surface area contributed by atoms with Gasteiger partial charge in [-0.15, -0.1) is 0 Å². The zero-order chi connectivity index (χ0) is 30.8. The molecule has 0 saturated heterocycles. The van der Waals surface area contributed by atoms with E-state index in [4.69, 9.17) is 0 Å². The number of para-hydroxylation sites is 1. The molecule has 0 amide bonds. The van der Waals surface area contributed by atoms with Gasteiger partial charge in [0, 0.05) is 22.2 Å². The molecule has 0 unspecified atom stereocenters. The summed E-state index contributed by atoms with van der Waals surface area (Å²) in [4.78, 5) is 2.41. The minimum atomic E-state index is -0.0389. The molecule has 0 spiro atoms. The lowest BCUT2D eigenvalue weighted by Crippen LogP contribution is -2.14. The fourth-order valence-electron chi connectivity index (χ4n) is 7.64. The molecule has 1 nitrogen and oxygen atoms in total. The van der Waals surface area contributed by atoms with Crippen LogP contribution in [0.3, 0.4) is 0 Å². The van der Waals surface area contributed by atoms with E-state index < -0.39 is 0 Å². The Morgan fingerprint density at radius 2 is 1.04 bits per heavy atom. The summed E-state index contributed by atoms with van der Waals surface area (Å²) in [6.45, 7) is 4.72. The highest BCUT2D eigenvalue weighted by Crippen LogP contribution is 2.51. The highest BCUT2D eigenvalue weighted by molar-refractivity contribution is 6.16. The summed E-state index contributed by atoms with van der Waals surface area (Å²) in [6, 6.07) is 60.2. The summed E-state index contributed by atoms with van der Waals surface area (Å²) in [6.07, 6.45) is 0. The molecular weight excluding hydrogens is 555 g/mol. The number of hydrogen-bond donors (Lipinski definition) is 0. The van der Waals surface area contributed by atoms with Crippen LogP contribution in [0.2, 0.25) is 0 Å². The van der Waals surface area contributed by atoms with Crippen LogP contribution in [0.5, 0.6) is 0 Å². The van der Waals surface area contributed by atoms with E-state index in [-0.39, 0.29) is 5.41 Å². The van der Waals surface area contributed by atoms with Gasteiger partial charge in [-0.3, -0.25) is 0 Å². The summed E-state index contributed by atoms with van der Waals surface area (Å²) in [5.41, 5.74) is 11.4. The van der Waals surface area contributed by atoms with Gasteiger partial charge >= 0.3 is 0 Å². The smallest absolute Gasteiger partial charge is 0.0546 e. The fourth-order valence-corrected chi connectivity index (χ4v) is 7.64. The minimum Gasteiger partial charge on any atom is -0.310 e. The van der Waals surface area contributed by atoms with E-state index in [9.17, 15) is 0 Å². The molecule has 0 aromatic heterocycles. The third-order valence-electron chi connectivity index (χ3n) is 10.0. The van der Waals surface area contributed by atoms with Crippen molar-refractivity contribution in [1.29, 1.82) is 0 Å². The Bertz CT molecular complexity index is 2430. The Labute approximate surface area is 270 Å². The molecular formula is C45H33N. The minimum absolute atomic E-state index is 0.0389. The van der Waals surface area contributed by atoms with E-state index in [1.807, 2.05) is 0 Å². The molecule has 0 N–H and O–H groups in total. The van der Waals surface area contributed by atoms with Crippen molar-refractivity contribution in [2.45, 2.75) is 19.3 Å². The molecule has 0 saturated carbocycles. The summed E-state index contributed by atoms with van der Waals surface area (Å²) in [7, 11) is 0. The van der Waals surface area contributed by atoms with Gasteiger partial charge in [-0.2, -0.15) is 0 Å². The highest BCUT2D eigenvalue weighted by atomic mass is 15.1. The second-order valence-electron chi connectivity index (χ2n) is 13.0. The van der Waals surface area contributed by atoms with Crippen molar-refractivity contribution in [1.82, 2.24) is 0 Å². The van der Waals surface area contributed by atoms with Gasteiger partial charge in [0.15, 0.2) is 0 Å². The third-order valence-corrected chi connectivity index (χ3v) is 10.0. The van der Waals surface area contributed by atoms with E-state index in [2.05, 4.69) is 183 Å². The van der Waals surface area contributed by atoms with E-state index in [1.54, 1.807) is 0 Å². The molecule has 1 heteroatoms. The molecule has 0 radical (unpaired) electrons. The van der Waals surface area contributed by atoms with Crippen molar-refractivity contribution in [2.75, 3.05) is 4.90 Å². The fraction of sp³-hybridized carbons (Fsp3) is 0.0667. The molecule has 1 aliphatic carbocycles. The Hall–Kier alpha value is -5.66. The number of rotatable bonds is 4. The maximum atomic E-state index is 2.46. The Balaban J connectivity index is 1.24. The first-order valence-electron chi connectivity index (χ1n) is 16.1. The predicted octanol–water partition coefficient (Wildman–Crippen LogP) is 12.6. The maximum Gasteiger partial charge on any atom is 0.0546 e. The van der Waals surface area contributed by atoms with Crippen LogP contribution in [0.15, 0.2) is 164 Å². The average molecular weight is 588 g/mol. The monoisotopic (exact) mass is 587 g/mol. The molecule has 0 atom stereocenters. The van der Waals surface area contributed by atoms with E-state index in [0.717, 1.165) is 11.4 Å². The van der Waals surface area contributed by atoms with Gasteiger partial charge in [-0.1, -0.05) is 129 Å². The molecule has 0 bridgehead atoms. The van der Waals surface area contributed by atoms with Gasteiger partial charge in [0.25, 0.3) is 0 Å². The number of benzene rings is 8. The largest absolute Gasteiger partial charge is 0.310 e. The van der Waals surface area contributed by atoms with Crippen molar-refractivity contribution in [3.63, 3.8) is 0 Å². The number of hydrogen-bond acceptors (Lipinski definition) is 1. The summed E-state index contributed by atoms with van der Waals surface area (Å²) < 4.78 is 0. The lowest BCUT2D eigenvalue weighted by molar-refractivity contribution is 0.661. The molecule has 218 valence electrons. The van der Waals surface area contributed by atoms with Gasteiger partial charge in [-0.25, -0.2) is 0 Å². The van der Waals surface area contributed by atoms with Crippen LogP contribution in [0.25, 0.3) is 54.6 Å². The zero-order valence-electron chi connectivity index (χ0n) is 26.0. The molecule has 0 heterocycles. The van der Waals surface area contributed by atoms with Crippen molar-refractivity contribution in [3.05, 3.63) is 175 Å². The quantitative estimate of drug-likeness (QED) is 0.185. The average Bonchev–Trinajstić information content (AvgIpc) is 3.33. The second kappa shape index (κ2) is 10.2. The number of anilines is 3. The first-order chi connectivity index (χ1) is 22.6. The Morgan fingerprint density at radius 1 is 0.391 bits per heavy atom. The Morgan fingerprint density at radius 3 is 1.87 bits per heavy atom. The zero-order valence-corrected chi connectivity index (χ0v) is 26.0. The SMILES string of the molecule is CC1(C)c2ccccc2-c2cc3cc(N(c4ccccc4)c4ccc(-c5ccc6ccccc6c5)cc4)c4ccccc4c3cc21. The summed E-state index contributed by atoms with van der Waals surface area (Å²) in [5.74, 6) is 0. The Kier molecular flexibility index (Phi) is 5.92. The third kappa shape index (κ3) is 4.09. The summed E-state index contributed by atoms with van der Waals surface area (Å²) in [5, 5.41) is 7.60. The van der Waals surface area contributed by atoms with Crippen LogP contribution < -0.4 is 4.90 Å². The van der Waals surface area contributed by atoms with Crippen LogP contribution in [-0.2, 0) is 5.41 Å². The van der Waals surface area contributed by atoms with E-state index in [0.29, 0.717) is 0 Å². The normalized spacial score (nSPS) is 13.2. The topological polar surface area (TPSA) is 3.24 Å². The van der Waals surface area contributed by atoms with Gasteiger partial charge < -0.3 is 4.90 Å². The predicted molar refractivity (Wildman–Crippen MR) is 197 cm³/mol. The molecule has 1 aliphatic rings. The maximum absolute atomic E-state index is 2.46. The van der Waals surface area contributed by atoms with Crippen molar-refractivity contribution >= 4 is 49.4 Å². The van der Waals surface area contributed by atoms with Crippen molar-refractivity contribution in [2.24, 2.45) is 0 Å². The standard InChI is InChI=1S/C45H33N/c1-45(2)42-19-11-10-17-38(42)41-27-34-28-44(39-18-9-8-16-37(39)40(34)29-43(41)45)46(35-14-4-3-5-15-35)36-24-22-31(23-25-36)33-21-20-30-12-6-7-13-32(30)26-33/h3-29H,1-2H3. The molecule has 0 aliphatic heterocycles. The molecule has 8 aromatic rings. The second-order valence-corrected chi connectivity index (χ2v) is 13.0. The molecule has 8 aromatic carbocycles. The van der Waals surface area contributed by atoms with E-state index in [1.165, 1.54) is 71.4 Å². The van der Waals surface area contributed by atoms with Crippen LogP contribution >= 0.6 is 0 Å². The van der Waals surface area contributed by atoms with Crippen LogP contribution in [0.1, 0.15) is 25.0 Å². The number of fused-ring (bicyclic) bond motifs is 7. The van der Waals surface area contributed by atoms with Crippen molar-refractivity contribution < 1.29 is 0 Å². The van der Waals surface area contributed by atoms with Crippen molar-refractivity contribution in [3.8, 4) is 22.3 Å². The lowest BCUT2D eigenvalue weighted by Gasteiger charge is -2.28. The molecule has 0 fully saturated rings. The summed E-state index contributed by atoms with van der Waals surface area (Å²) >= 11 is 0. The van der Waals surface area contributed by atoms with Gasteiger partial charge in [-0.05, 0) is 109 Å². The first-order valence-corrected chi connectivity index (χ1v) is 16.1. The highest BCUT2D eigenvalue weighted by Gasteiger charge is 2.35. The van der Waals surface area contributed by atoms with Gasteiger partial charge in [0.1, 0.15) is 0 Å². The number of nitrogens with zero attached hydrogens (tertiary/aromatic N) is 1. The van der Waals surface area contributed by atoms with Crippen LogP contribution in [0, 0.1) is 0 Å². The lowest BCUT2D eigenvalue weighted by atomic mass is 9.81. The molecule has 9 rings (SSSR count). The molecule has 46 heavy (non-hydrogen) atoms. The first kappa shape index (κ1) is 26.7. The van der Waals surface area contributed by atoms with E-state index >= 15 is 0 Å². The van der Waals surface area contributed by atoms with Crippen LogP contribution in [0.4, 0.5) is 17.1 Å². The van der Waals surface area contributed by atoms with Gasteiger partial charge in [0.2, 0.25) is 0 Å². The van der Waals surface area contributed by atoms with Gasteiger partial charge in [0.05, 0.1) is 5.69 Å². The van der Waals surface area contributed by atoms with Crippen LogP contribution in [-0.4, -0.2) is 0 Å².